The number of esters is 1. The average Bonchev–Trinajstić information content (AvgIpc) is 3.19. The molecule has 3 rings (SSSR count). The Morgan fingerprint density at radius 1 is 1.12 bits per heavy atom. The first-order valence-electron chi connectivity index (χ1n) is 7.46. The van der Waals surface area contributed by atoms with Crippen LogP contribution in [0.1, 0.15) is 21.9 Å². The maximum absolute atomic E-state index is 12.3. The highest BCUT2D eigenvalue weighted by Crippen LogP contribution is 2.25. The Kier molecular flexibility index (Phi) is 4.60. The second-order valence-corrected chi connectivity index (χ2v) is 5.28. The molecule has 0 bridgehead atoms. The third-order valence-electron chi connectivity index (χ3n) is 3.34. The average molecular weight is 341 g/mol. The molecule has 8 heteroatoms. The predicted octanol–water partition coefficient (Wildman–Crippen LogP) is 2.74. The van der Waals surface area contributed by atoms with Crippen molar-refractivity contribution in [2.75, 3.05) is 11.9 Å². The lowest BCUT2D eigenvalue weighted by Crippen LogP contribution is -2.21. The molecule has 128 valence electrons. The largest absolute Gasteiger partial charge is 0.452 e. The molecule has 0 saturated heterocycles. The fourth-order valence-electron chi connectivity index (χ4n) is 2.21. The van der Waals surface area contributed by atoms with Crippen molar-refractivity contribution >= 4 is 17.7 Å². The first kappa shape index (κ1) is 16.4. The third kappa shape index (κ3) is 3.74. The summed E-state index contributed by atoms with van der Waals surface area (Å²) in [5.41, 5.74) is 1.28. The number of aromatic nitrogens is 2. The molecule has 0 spiro atoms. The van der Waals surface area contributed by atoms with Crippen molar-refractivity contribution in [3.05, 3.63) is 53.5 Å². The SMILES string of the molecule is Cc1cc(NC(=O)COC(=O)c2c(-c3ccccc3)noc2C)no1. The zero-order chi connectivity index (χ0) is 17.8. The molecular formula is C17H15N3O5. The van der Waals surface area contributed by atoms with Crippen LogP contribution in [-0.4, -0.2) is 28.8 Å². The summed E-state index contributed by atoms with van der Waals surface area (Å²) >= 11 is 0. The van der Waals surface area contributed by atoms with Gasteiger partial charge in [-0.3, -0.25) is 4.79 Å². The van der Waals surface area contributed by atoms with Gasteiger partial charge in [-0.1, -0.05) is 40.6 Å². The second-order valence-electron chi connectivity index (χ2n) is 5.28. The summed E-state index contributed by atoms with van der Waals surface area (Å²) < 4.78 is 15.0. The molecule has 1 aromatic carbocycles. The van der Waals surface area contributed by atoms with Crippen molar-refractivity contribution in [2.24, 2.45) is 0 Å². The molecule has 0 aliphatic rings. The van der Waals surface area contributed by atoms with E-state index >= 15 is 0 Å². The first-order valence-corrected chi connectivity index (χ1v) is 7.46. The molecule has 8 nitrogen and oxygen atoms in total. The molecule has 2 aromatic heterocycles. The van der Waals surface area contributed by atoms with Gasteiger partial charge in [-0.05, 0) is 13.8 Å². The smallest absolute Gasteiger partial charge is 0.344 e. The lowest BCUT2D eigenvalue weighted by Gasteiger charge is -2.05. The normalized spacial score (nSPS) is 10.5. The lowest BCUT2D eigenvalue weighted by atomic mass is 10.1. The van der Waals surface area contributed by atoms with Gasteiger partial charge in [0.15, 0.2) is 12.4 Å². The van der Waals surface area contributed by atoms with Crippen LogP contribution in [0.4, 0.5) is 5.82 Å². The molecule has 0 saturated carbocycles. The van der Waals surface area contributed by atoms with Crippen LogP contribution in [0.15, 0.2) is 45.4 Å². The maximum Gasteiger partial charge on any atom is 0.344 e. The van der Waals surface area contributed by atoms with Crippen LogP contribution in [-0.2, 0) is 9.53 Å². The zero-order valence-corrected chi connectivity index (χ0v) is 13.6. The van der Waals surface area contributed by atoms with Crippen molar-refractivity contribution in [3.8, 4) is 11.3 Å². The Morgan fingerprint density at radius 3 is 2.56 bits per heavy atom. The number of ether oxygens (including phenoxy) is 1. The van der Waals surface area contributed by atoms with Gasteiger partial charge >= 0.3 is 5.97 Å². The number of hydrogen-bond acceptors (Lipinski definition) is 7. The van der Waals surface area contributed by atoms with Gasteiger partial charge in [0.2, 0.25) is 0 Å². The van der Waals surface area contributed by atoms with E-state index in [0.717, 1.165) is 0 Å². The number of nitrogens with one attached hydrogen (secondary N) is 1. The molecule has 0 atom stereocenters. The van der Waals surface area contributed by atoms with E-state index in [0.29, 0.717) is 22.8 Å². The Balaban J connectivity index is 1.68. The molecule has 0 aliphatic heterocycles. The van der Waals surface area contributed by atoms with E-state index in [1.165, 1.54) is 0 Å². The second kappa shape index (κ2) is 7.00. The fraction of sp³-hybridized carbons (Fsp3) is 0.176. The highest BCUT2D eigenvalue weighted by Gasteiger charge is 2.23. The number of benzene rings is 1. The topological polar surface area (TPSA) is 107 Å². The van der Waals surface area contributed by atoms with E-state index in [9.17, 15) is 9.59 Å². The quantitative estimate of drug-likeness (QED) is 0.711. The summed E-state index contributed by atoms with van der Waals surface area (Å²) in [6.07, 6.45) is 0. The third-order valence-corrected chi connectivity index (χ3v) is 3.34. The van der Waals surface area contributed by atoms with Crippen molar-refractivity contribution in [1.82, 2.24) is 10.3 Å². The predicted molar refractivity (Wildman–Crippen MR) is 86.8 cm³/mol. The van der Waals surface area contributed by atoms with Gasteiger partial charge in [-0.2, -0.15) is 0 Å². The summed E-state index contributed by atoms with van der Waals surface area (Å²) in [6, 6.07) is 10.6. The number of carbonyl (C=O) groups excluding carboxylic acids is 2. The van der Waals surface area contributed by atoms with Crippen molar-refractivity contribution in [1.29, 1.82) is 0 Å². The van der Waals surface area contributed by atoms with E-state index in [1.807, 2.05) is 18.2 Å². The van der Waals surface area contributed by atoms with Crippen molar-refractivity contribution in [2.45, 2.75) is 13.8 Å². The Morgan fingerprint density at radius 2 is 1.88 bits per heavy atom. The number of carbonyl (C=O) groups is 2. The maximum atomic E-state index is 12.3. The van der Waals surface area contributed by atoms with Crippen LogP contribution < -0.4 is 5.32 Å². The monoisotopic (exact) mass is 341 g/mol. The molecule has 1 N–H and O–H groups in total. The summed E-state index contributed by atoms with van der Waals surface area (Å²) in [5.74, 6) is -0.0953. The Hall–Kier alpha value is -3.42. The van der Waals surface area contributed by atoms with Crippen molar-refractivity contribution in [3.63, 3.8) is 0 Å². The fourth-order valence-corrected chi connectivity index (χ4v) is 2.21. The molecule has 25 heavy (non-hydrogen) atoms. The lowest BCUT2D eigenvalue weighted by molar-refractivity contribution is -0.119. The number of anilines is 1. The van der Waals surface area contributed by atoms with Gasteiger partial charge in [-0.25, -0.2) is 4.79 Å². The van der Waals surface area contributed by atoms with Gasteiger partial charge in [0.05, 0.1) is 0 Å². The standard InChI is InChI=1S/C17H15N3O5/c1-10-8-13(19-24-10)18-14(21)9-23-17(22)15-11(2)25-20-16(15)12-6-4-3-5-7-12/h3-8H,9H2,1-2H3,(H,18,19,21). The van der Waals surface area contributed by atoms with E-state index in [2.05, 4.69) is 15.6 Å². The van der Waals surface area contributed by atoms with Crippen LogP contribution in [0.3, 0.4) is 0 Å². The Bertz CT molecular complexity index is 898. The molecule has 1 amide bonds. The molecule has 2 heterocycles. The first-order chi connectivity index (χ1) is 12.0. The number of nitrogens with zero attached hydrogens (tertiary/aromatic N) is 2. The highest BCUT2D eigenvalue weighted by atomic mass is 16.5. The number of amides is 1. The van der Waals surface area contributed by atoms with Gasteiger partial charge in [0, 0.05) is 11.6 Å². The van der Waals surface area contributed by atoms with Gasteiger partial charge in [0.1, 0.15) is 22.8 Å². The van der Waals surface area contributed by atoms with Gasteiger partial charge < -0.3 is 19.1 Å². The van der Waals surface area contributed by atoms with Crippen LogP contribution in [0.2, 0.25) is 0 Å². The van der Waals surface area contributed by atoms with E-state index in [4.69, 9.17) is 13.8 Å². The number of aryl methyl sites for hydroxylation is 2. The Labute approximate surface area is 142 Å². The molecule has 0 aliphatic carbocycles. The summed E-state index contributed by atoms with van der Waals surface area (Å²) in [6.45, 7) is 2.83. The summed E-state index contributed by atoms with van der Waals surface area (Å²) in [4.78, 5) is 24.2. The zero-order valence-electron chi connectivity index (χ0n) is 13.6. The molecule has 3 aromatic rings. The van der Waals surface area contributed by atoms with Gasteiger partial charge in [-0.15, -0.1) is 0 Å². The van der Waals surface area contributed by atoms with Crippen LogP contribution in [0.5, 0.6) is 0 Å². The molecule has 0 unspecified atom stereocenters. The molecule has 0 radical (unpaired) electrons. The highest BCUT2D eigenvalue weighted by molar-refractivity contribution is 5.99. The molecular weight excluding hydrogens is 326 g/mol. The van der Waals surface area contributed by atoms with E-state index < -0.39 is 18.5 Å². The molecule has 0 fully saturated rings. The van der Waals surface area contributed by atoms with Crippen molar-refractivity contribution < 1.29 is 23.4 Å². The van der Waals surface area contributed by atoms with E-state index in [-0.39, 0.29) is 11.4 Å². The summed E-state index contributed by atoms with van der Waals surface area (Å²) in [7, 11) is 0. The van der Waals surface area contributed by atoms with Crippen LogP contribution >= 0.6 is 0 Å². The minimum atomic E-state index is -0.691. The van der Waals surface area contributed by atoms with Gasteiger partial charge in [0.25, 0.3) is 5.91 Å². The van der Waals surface area contributed by atoms with Crippen LogP contribution in [0, 0.1) is 13.8 Å². The minimum Gasteiger partial charge on any atom is -0.452 e. The van der Waals surface area contributed by atoms with Crippen LogP contribution in [0.25, 0.3) is 11.3 Å². The number of hydrogen-bond donors (Lipinski definition) is 1. The number of rotatable bonds is 5. The van der Waals surface area contributed by atoms with E-state index in [1.54, 1.807) is 32.0 Å². The minimum absolute atomic E-state index is 0.191. The summed E-state index contributed by atoms with van der Waals surface area (Å²) in [5, 5.41) is 10.00.